The third kappa shape index (κ3) is 5.14. The topological polar surface area (TPSA) is 73.9 Å². The Kier molecular flexibility index (Phi) is 7.11. The van der Waals surface area contributed by atoms with E-state index in [1.165, 1.54) is 12.7 Å². The molecule has 0 radical (unpaired) electrons. The SMILES string of the molecule is COc1ccc(NC(=O)COC(=O)c2ccc(C3SCCS3)cc2)c(OC)c1. The molecule has 0 aromatic heterocycles. The van der Waals surface area contributed by atoms with Crippen LogP contribution < -0.4 is 14.8 Å². The van der Waals surface area contributed by atoms with Gasteiger partial charge in [0.15, 0.2) is 6.61 Å². The first-order chi connectivity index (χ1) is 13.6. The van der Waals surface area contributed by atoms with Crippen LogP contribution in [-0.4, -0.2) is 44.2 Å². The number of amides is 1. The van der Waals surface area contributed by atoms with Crippen molar-refractivity contribution in [2.75, 3.05) is 37.6 Å². The molecule has 6 nitrogen and oxygen atoms in total. The summed E-state index contributed by atoms with van der Waals surface area (Å²) in [5.41, 5.74) is 2.08. The van der Waals surface area contributed by atoms with Gasteiger partial charge in [-0.3, -0.25) is 4.79 Å². The van der Waals surface area contributed by atoms with Gasteiger partial charge in [0.25, 0.3) is 5.91 Å². The lowest BCUT2D eigenvalue weighted by molar-refractivity contribution is -0.119. The van der Waals surface area contributed by atoms with E-state index >= 15 is 0 Å². The summed E-state index contributed by atoms with van der Waals surface area (Å²) in [7, 11) is 3.04. The molecule has 1 aliphatic heterocycles. The zero-order valence-electron chi connectivity index (χ0n) is 15.6. The maximum absolute atomic E-state index is 12.2. The van der Waals surface area contributed by atoms with Crippen LogP contribution in [0.3, 0.4) is 0 Å². The Morgan fingerprint density at radius 1 is 1.04 bits per heavy atom. The summed E-state index contributed by atoms with van der Waals surface area (Å²) >= 11 is 3.81. The van der Waals surface area contributed by atoms with Crippen LogP contribution in [0.15, 0.2) is 42.5 Å². The number of thioether (sulfide) groups is 2. The molecule has 1 saturated heterocycles. The number of hydrogen-bond acceptors (Lipinski definition) is 7. The molecule has 8 heteroatoms. The van der Waals surface area contributed by atoms with Gasteiger partial charge in [-0.15, -0.1) is 23.5 Å². The Hall–Kier alpha value is -2.32. The van der Waals surface area contributed by atoms with Crippen molar-refractivity contribution in [1.82, 2.24) is 0 Å². The van der Waals surface area contributed by atoms with E-state index in [1.54, 1.807) is 37.4 Å². The lowest BCUT2D eigenvalue weighted by Crippen LogP contribution is -2.21. The number of carbonyl (C=O) groups excluding carboxylic acids is 2. The maximum atomic E-state index is 12.2. The molecule has 0 aliphatic carbocycles. The molecule has 28 heavy (non-hydrogen) atoms. The largest absolute Gasteiger partial charge is 0.497 e. The summed E-state index contributed by atoms with van der Waals surface area (Å²) in [6.45, 7) is -0.385. The van der Waals surface area contributed by atoms with Gasteiger partial charge in [-0.1, -0.05) is 12.1 Å². The predicted octanol–water partition coefficient (Wildman–Crippen LogP) is 3.98. The molecule has 3 rings (SSSR count). The van der Waals surface area contributed by atoms with Gasteiger partial charge in [-0.05, 0) is 29.8 Å². The average molecular weight is 420 g/mol. The van der Waals surface area contributed by atoms with Gasteiger partial charge in [-0.25, -0.2) is 4.79 Å². The normalized spacial score (nSPS) is 13.8. The molecule has 1 N–H and O–H groups in total. The van der Waals surface area contributed by atoms with Crippen LogP contribution in [0, 0.1) is 0 Å². The van der Waals surface area contributed by atoms with Gasteiger partial charge in [0.05, 0.1) is 30.1 Å². The standard InChI is InChI=1S/C20H21NO5S2/c1-24-15-7-8-16(17(11-15)25-2)21-18(22)12-26-19(23)13-3-5-14(6-4-13)20-27-9-10-28-20/h3-8,11,20H,9-10,12H2,1-2H3,(H,21,22). The van der Waals surface area contributed by atoms with Crippen LogP contribution >= 0.6 is 23.5 Å². The van der Waals surface area contributed by atoms with Crippen molar-refractivity contribution in [2.24, 2.45) is 0 Å². The summed E-state index contributed by atoms with van der Waals surface area (Å²) in [6.07, 6.45) is 0. The molecular weight excluding hydrogens is 398 g/mol. The number of nitrogens with one attached hydrogen (secondary N) is 1. The van der Waals surface area contributed by atoms with Crippen LogP contribution in [-0.2, 0) is 9.53 Å². The van der Waals surface area contributed by atoms with E-state index in [-0.39, 0.29) is 6.61 Å². The smallest absolute Gasteiger partial charge is 0.338 e. The second-order valence-electron chi connectivity index (χ2n) is 5.89. The quantitative estimate of drug-likeness (QED) is 0.681. The van der Waals surface area contributed by atoms with Crippen LogP contribution in [0.2, 0.25) is 0 Å². The Labute approximate surface area is 172 Å². The van der Waals surface area contributed by atoms with Gasteiger partial charge in [0.1, 0.15) is 11.5 Å². The van der Waals surface area contributed by atoms with Crippen LogP contribution in [0.25, 0.3) is 0 Å². The van der Waals surface area contributed by atoms with Crippen molar-refractivity contribution in [3.05, 3.63) is 53.6 Å². The molecular formula is C20H21NO5S2. The molecule has 0 saturated carbocycles. The second kappa shape index (κ2) is 9.75. The van der Waals surface area contributed by atoms with Crippen LogP contribution in [0.5, 0.6) is 11.5 Å². The molecule has 148 valence electrons. The first kappa shape index (κ1) is 20.4. The molecule has 2 aromatic carbocycles. The van der Waals surface area contributed by atoms with Crippen molar-refractivity contribution in [2.45, 2.75) is 4.58 Å². The third-order valence-electron chi connectivity index (χ3n) is 4.06. The fourth-order valence-corrected chi connectivity index (χ4v) is 5.49. The molecule has 0 atom stereocenters. The first-order valence-corrected chi connectivity index (χ1v) is 10.7. The van der Waals surface area contributed by atoms with Crippen molar-refractivity contribution in [3.63, 3.8) is 0 Å². The lowest BCUT2D eigenvalue weighted by Gasteiger charge is -2.12. The summed E-state index contributed by atoms with van der Waals surface area (Å²) < 4.78 is 15.9. The minimum absolute atomic E-state index is 0.385. The van der Waals surface area contributed by atoms with Gasteiger partial charge in [0.2, 0.25) is 0 Å². The highest BCUT2D eigenvalue weighted by molar-refractivity contribution is 8.19. The van der Waals surface area contributed by atoms with Gasteiger partial charge < -0.3 is 19.5 Å². The van der Waals surface area contributed by atoms with Crippen molar-refractivity contribution < 1.29 is 23.8 Å². The molecule has 0 spiro atoms. The van der Waals surface area contributed by atoms with Gasteiger partial charge in [0, 0.05) is 17.6 Å². The summed E-state index contributed by atoms with van der Waals surface area (Å²) in [5, 5.41) is 2.66. The van der Waals surface area contributed by atoms with Crippen molar-refractivity contribution in [3.8, 4) is 11.5 Å². The van der Waals surface area contributed by atoms with E-state index in [1.807, 2.05) is 35.7 Å². The molecule has 0 bridgehead atoms. The summed E-state index contributed by atoms with van der Waals surface area (Å²) in [4.78, 5) is 24.3. The van der Waals surface area contributed by atoms with Gasteiger partial charge >= 0.3 is 5.97 Å². The van der Waals surface area contributed by atoms with Gasteiger partial charge in [-0.2, -0.15) is 0 Å². The number of benzene rings is 2. The Balaban J connectivity index is 1.53. The Morgan fingerprint density at radius 3 is 2.39 bits per heavy atom. The highest BCUT2D eigenvalue weighted by atomic mass is 32.2. The van der Waals surface area contributed by atoms with E-state index in [4.69, 9.17) is 14.2 Å². The molecule has 1 aliphatic rings. The number of anilines is 1. The third-order valence-corrected chi connectivity index (χ3v) is 7.16. The minimum Gasteiger partial charge on any atom is -0.497 e. The zero-order valence-corrected chi connectivity index (χ0v) is 17.2. The average Bonchev–Trinajstić information content (AvgIpc) is 3.27. The number of esters is 1. The van der Waals surface area contributed by atoms with E-state index in [2.05, 4.69) is 5.32 Å². The number of methoxy groups -OCH3 is 2. The summed E-state index contributed by atoms with van der Waals surface area (Å²) in [6, 6.07) is 12.4. The first-order valence-electron chi connectivity index (χ1n) is 8.63. The van der Waals surface area contributed by atoms with E-state index in [0.29, 0.717) is 27.3 Å². The predicted molar refractivity (Wildman–Crippen MR) is 113 cm³/mol. The monoisotopic (exact) mass is 419 g/mol. The van der Waals surface area contributed by atoms with Crippen molar-refractivity contribution >= 4 is 41.1 Å². The van der Waals surface area contributed by atoms with E-state index in [0.717, 1.165) is 11.5 Å². The Bertz CT molecular complexity index is 835. The highest BCUT2D eigenvalue weighted by Gasteiger charge is 2.19. The fourth-order valence-electron chi connectivity index (χ4n) is 2.63. The molecule has 1 heterocycles. The fraction of sp³-hybridized carbons (Fsp3) is 0.300. The highest BCUT2D eigenvalue weighted by Crippen LogP contribution is 2.45. The van der Waals surface area contributed by atoms with E-state index in [9.17, 15) is 9.59 Å². The molecule has 0 unspecified atom stereocenters. The molecule has 1 amide bonds. The Morgan fingerprint density at radius 2 is 1.75 bits per heavy atom. The molecule has 1 fully saturated rings. The maximum Gasteiger partial charge on any atom is 0.338 e. The van der Waals surface area contributed by atoms with Crippen LogP contribution in [0.1, 0.15) is 20.5 Å². The summed E-state index contributed by atoms with van der Waals surface area (Å²) in [5.74, 6) is 2.37. The number of rotatable bonds is 7. The number of hydrogen-bond donors (Lipinski definition) is 1. The van der Waals surface area contributed by atoms with Crippen molar-refractivity contribution in [1.29, 1.82) is 0 Å². The second-order valence-corrected chi connectivity index (χ2v) is 8.61. The van der Waals surface area contributed by atoms with E-state index < -0.39 is 11.9 Å². The minimum atomic E-state index is -0.532. The molecule has 2 aromatic rings. The number of carbonyl (C=O) groups is 2. The van der Waals surface area contributed by atoms with Crippen LogP contribution in [0.4, 0.5) is 5.69 Å². The lowest BCUT2D eigenvalue weighted by atomic mass is 10.1. The zero-order chi connectivity index (χ0) is 19.9. The number of ether oxygens (including phenoxy) is 3.